The van der Waals surface area contributed by atoms with Gasteiger partial charge < -0.3 is 19.1 Å². The Kier molecular flexibility index (Phi) is 9.09. The molecule has 5 aromatic rings. The monoisotopic (exact) mass is 757 g/mol. The SMILES string of the molecule is [2H]C([2H])([2H])OCCN1CCC(N(C(=O)C([2H])([2H])n2c(SC([2H])([2H])c3cccc(F)c3F)cc(=O)c3ccccc32)C([2H])(C)c2ccc(-c3ccc(C(F)(F)F)cc3)cc2)CC1. The van der Waals surface area contributed by atoms with Gasteiger partial charge in [0.2, 0.25) is 5.91 Å². The molecule has 0 spiro atoms. The van der Waals surface area contributed by atoms with Gasteiger partial charge in [0.05, 0.1) is 37.0 Å². The molecule has 1 unspecified atom stereocenters. The average molecular weight is 758 g/mol. The fourth-order valence-corrected chi connectivity index (χ4v) is 7.12. The van der Waals surface area contributed by atoms with E-state index in [9.17, 15) is 30.9 Å². The minimum absolute atomic E-state index is 0.0346. The van der Waals surface area contributed by atoms with Crippen molar-refractivity contribution in [3.63, 3.8) is 0 Å². The van der Waals surface area contributed by atoms with E-state index in [1.165, 1.54) is 55.5 Å². The number of thioether (sulfide) groups is 1. The number of halogens is 5. The highest BCUT2D eigenvalue weighted by atomic mass is 32.2. The number of carbonyl (C=O) groups is 1. The molecule has 278 valence electrons. The first-order valence-corrected chi connectivity index (χ1v) is 17.5. The van der Waals surface area contributed by atoms with E-state index < -0.39 is 76.6 Å². The van der Waals surface area contributed by atoms with Crippen LogP contribution in [0.15, 0.2) is 107 Å². The number of carbonyl (C=O) groups excluding carboxylic acids is 1. The third kappa shape index (κ3) is 8.83. The maximum Gasteiger partial charge on any atom is 0.416 e. The minimum atomic E-state index is -4.54. The van der Waals surface area contributed by atoms with Crippen molar-refractivity contribution in [3.05, 3.63) is 136 Å². The van der Waals surface area contributed by atoms with Crippen molar-refractivity contribution in [2.75, 3.05) is 33.3 Å². The second-order valence-electron chi connectivity index (χ2n) is 12.5. The van der Waals surface area contributed by atoms with E-state index in [0.717, 1.165) is 45.9 Å². The Hall–Kier alpha value is -4.52. The number of fused-ring (bicyclic) bond motifs is 1. The zero-order valence-electron chi connectivity index (χ0n) is 36.4. The highest BCUT2D eigenvalue weighted by Crippen LogP contribution is 2.34. The Morgan fingerprint density at radius 3 is 2.36 bits per heavy atom. The van der Waals surface area contributed by atoms with Gasteiger partial charge in [-0.1, -0.05) is 60.7 Å². The van der Waals surface area contributed by atoms with Crippen LogP contribution >= 0.6 is 11.8 Å². The van der Waals surface area contributed by atoms with Crippen molar-refractivity contribution in [3.8, 4) is 11.1 Å². The fourth-order valence-electron chi connectivity index (χ4n) is 6.34. The second-order valence-corrected chi connectivity index (χ2v) is 13.3. The van der Waals surface area contributed by atoms with E-state index in [4.69, 9.17) is 11.6 Å². The summed E-state index contributed by atoms with van der Waals surface area (Å²) in [4.78, 5) is 31.6. The Morgan fingerprint density at radius 1 is 1.00 bits per heavy atom. The number of amides is 1. The van der Waals surface area contributed by atoms with Crippen LogP contribution in [-0.4, -0.2) is 59.6 Å². The highest BCUT2D eigenvalue weighted by Gasteiger charge is 2.33. The van der Waals surface area contributed by atoms with Crippen molar-refractivity contribution >= 4 is 28.6 Å². The van der Waals surface area contributed by atoms with Gasteiger partial charge in [-0.3, -0.25) is 9.59 Å². The molecule has 1 amide bonds. The van der Waals surface area contributed by atoms with Gasteiger partial charge in [0.15, 0.2) is 17.1 Å². The zero-order valence-corrected chi connectivity index (χ0v) is 29.2. The number of benzene rings is 4. The Balaban J connectivity index is 1.42. The van der Waals surface area contributed by atoms with Crippen LogP contribution in [0.1, 0.15) is 53.4 Å². The summed E-state index contributed by atoms with van der Waals surface area (Å²) < 4.78 is 143. The minimum Gasteiger partial charge on any atom is -0.383 e. The standard InChI is InChI=1S/C41H40F5N3O3S/c1-27(28-10-12-29(13-11-28)30-14-16-32(17-15-30)41(44,45)46)49(33-18-20-47(21-19-33)22-23-52-2)38(51)25-48-36-9-4-3-7-34(36)37(50)24-39(48)53-26-31-6-5-8-35(42)40(31)43/h3-17,24,27,33H,18-23,25-26H2,1-2H3/i2D3,25D2,26D2,27D. The Bertz CT molecular complexity index is 2440. The van der Waals surface area contributed by atoms with Crippen molar-refractivity contribution in [2.45, 2.75) is 55.2 Å². The summed E-state index contributed by atoms with van der Waals surface area (Å²) in [5.74, 6) is -4.09. The van der Waals surface area contributed by atoms with Crippen LogP contribution in [0.5, 0.6) is 0 Å². The molecule has 0 N–H and O–H groups in total. The number of hydrogen-bond donors (Lipinski definition) is 0. The lowest BCUT2D eigenvalue weighted by Crippen LogP contribution is -2.49. The van der Waals surface area contributed by atoms with Gasteiger partial charge in [-0.05, 0) is 66.8 Å². The van der Waals surface area contributed by atoms with Crippen molar-refractivity contribution in [1.29, 1.82) is 0 Å². The number of para-hydroxylation sites is 1. The molecule has 1 aliphatic rings. The maximum atomic E-state index is 15.2. The molecular formula is C41H40F5N3O3S. The summed E-state index contributed by atoms with van der Waals surface area (Å²) >= 11 is 0.195. The van der Waals surface area contributed by atoms with Crippen LogP contribution in [0.2, 0.25) is 0 Å². The lowest BCUT2D eigenvalue weighted by molar-refractivity contribution is -0.138. The smallest absolute Gasteiger partial charge is 0.383 e. The largest absolute Gasteiger partial charge is 0.416 e. The first-order valence-electron chi connectivity index (χ1n) is 20.7. The van der Waals surface area contributed by atoms with E-state index in [1.807, 2.05) is 4.90 Å². The molecular weight excluding hydrogens is 710 g/mol. The van der Waals surface area contributed by atoms with Gasteiger partial charge in [0.1, 0.15) is 6.50 Å². The third-order valence-electron chi connectivity index (χ3n) is 9.17. The summed E-state index contributed by atoms with van der Waals surface area (Å²) in [7, 11) is -2.60. The number of pyridine rings is 1. The van der Waals surface area contributed by atoms with Crippen LogP contribution in [0.25, 0.3) is 22.0 Å². The molecule has 0 bridgehead atoms. The van der Waals surface area contributed by atoms with Gasteiger partial charge in [-0.2, -0.15) is 13.2 Å². The topological polar surface area (TPSA) is 54.8 Å². The number of rotatable bonds is 12. The van der Waals surface area contributed by atoms with Crippen LogP contribution in [0, 0.1) is 11.6 Å². The molecule has 12 heteroatoms. The number of piperidine rings is 1. The molecule has 4 aromatic carbocycles. The lowest BCUT2D eigenvalue weighted by Gasteiger charge is -2.42. The molecule has 6 rings (SSSR count). The molecule has 53 heavy (non-hydrogen) atoms. The number of nitrogens with zero attached hydrogens (tertiary/aromatic N) is 3. The molecule has 1 aliphatic heterocycles. The molecule has 2 heterocycles. The summed E-state index contributed by atoms with van der Waals surface area (Å²) in [5, 5.41) is -0.472. The van der Waals surface area contributed by atoms with Crippen LogP contribution in [0.4, 0.5) is 22.0 Å². The Labute approximate surface area is 320 Å². The van der Waals surface area contributed by atoms with E-state index in [1.54, 1.807) is 12.1 Å². The predicted octanol–water partition coefficient (Wildman–Crippen LogP) is 8.96. The number of likely N-dealkylation sites (tertiary alicyclic amines) is 1. The van der Waals surface area contributed by atoms with E-state index >= 15 is 4.79 Å². The van der Waals surface area contributed by atoms with Crippen molar-refractivity contribution in [1.82, 2.24) is 14.4 Å². The maximum absolute atomic E-state index is 15.2. The molecule has 6 nitrogen and oxygen atoms in total. The van der Waals surface area contributed by atoms with Gasteiger partial charge >= 0.3 is 6.18 Å². The number of ether oxygens (including phenoxy) is 1. The highest BCUT2D eigenvalue weighted by molar-refractivity contribution is 7.98. The summed E-state index contributed by atoms with van der Waals surface area (Å²) in [6, 6.07) is 17.3. The molecule has 0 aliphatic carbocycles. The predicted molar refractivity (Wildman–Crippen MR) is 198 cm³/mol. The number of alkyl halides is 3. The quantitative estimate of drug-likeness (QED) is 0.0940. The summed E-state index contributed by atoms with van der Waals surface area (Å²) in [5.41, 5.74) is -4.01. The van der Waals surface area contributed by atoms with Gasteiger partial charge in [-0.25, -0.2) is 8.78 Å². The lowest BCUT2D eigenvalue weighted by atomic mass is 9.96. The second kappa shape index (κ2) is 16.7. The van der Waals surface area contributed by atoms with Gasteiger partial charge in [0.25, 0.3) is 0 Å². The summed E-state index contributed by atoms with van der Waals surface area (Å²) in [6.45, 7) is -1.07. The third-order valence-corrected chi connectivity index (χ3v) is 10.0. The molecule has 1 atom stereocenters. The number of methoxy groups -OCH3 is 1. The van der Waals surface area contributed by atoms with Crippen LogP contribution in [-0.2, 0) is 27.9 Å². The molecule has 0 radical (unpaired) electrons. The molecule has 1 saturated heterocycles. The first-order chi connectivity index (χ1) is 28.4. The fraction of sp³-hybridized carbons (Fsp3) is 0.317. The van der Waals surface area contributed by atoms with Crippen molar-refractivity contribution in [2.24, 2.45) is 0 Å². The molecule has 1 fully saturated rings. The normalized spacial score (nSPS) is 18.4. The van der Waals surface area contributed by atoms with Crippen molar-refractivity contribution < 1.29 is 42.4 Å². The van der Waals surface area contributed by atoms with E-state index in [0.29, 0.717) is 24.2 Å². The van der Waals surface area contributed by atoms with Gasteiger partial charge in [-0.15, -0.1) is 11.8 Å². The molecule has 0 saturated carbocycles. The Morgan fingerprint density at radius 2 is 1.68 bits per heavy atom. The zero-order chi connectivity index (χ0) is 44.7. The summed E-state index contributed by atoms with van der Waals surface area (Å²) in [6.07, 6.45) is -4.15. The van der Waals surface area contributed by atoms with E-state index in [2.05, 4.69) is 0 Å². The van der Waals surface area contributed by atoms with Crippen LogP contribution < -0.4 is 5.43 Å². The van der Waals surface area contributed by atoms with Crippen LogP contribution in [0.3, 0.4) is 0 Å². The van der Waals surface area contributed by atoms with E-state index in [-0.39, 0.29) is 54.2 Å². The average Bonchev–Trinajstić information content (AvgIpc) is 3.18. The van der Waals surface area contributed by atoms with Gasteiger partial charge in [0, 0.05) is 58.2 Å². The number of hydrogen-bond acceptors (Lipinski definition) is 5. The molecule has 1 aromatic heterocycles. The first kappa shape index (κ1) is 28.9. The number of aromatic nitrogens is 1.